The molecule has 0 aromatic heterocycles. The SMILES string of the molecule is OC[C]1O[C@H]([C@@H](O)CO)[C@@H](O)[C@H](O)[C@@H]1O. The van der Waals surface area contributed by atoms with Crippen LogP contribution in [0.15, 0.2) is 0 Å². The van der Waals surface area contributed by atoms with Crippen molar-refractivity contribution < 1.29 is 35.4 Å². The molecule has 0 spiro atoms. The molecule has 1 saturated heterocycles. The van der Waals surface area contributed by atoms with Crippen molar-refractivity contribution in [2.75, 3.05) is 13.2 Å². The maximum atomic E-state index is 9.42. The molecular formula is C8H15O7. The highest BCUT2D eigenvalue weighted by atomic mass is 16.6. The van der Waals surface area contributed by atoms with Gasteiger partial charge in [-0.25, -0.2) is 0 Å². The number of hydrogen-bond acceptors (Lipinski definition) is 7. The van der Waals surface area contributed by atoms with E-state index in [1.807, 2.05) is 0 Å². The summed E-state index contributed by atoms with van der Waals surface area (Å²) in [5, 5.41) is 54.8. The molecule has 0 aromatic rings. The zero-order valence-corrected chi connectivity index (χ0v) is 7.89. The van der Waals surface area contributed by atoms with Crippen LogP contribution in [0.25, 0.3) is 0 Å². The molecule has 0 aliphatic carbocycles. The van der Waals surface area contributed by atoms with Crippen LogP contribution in [0.4, 0.5) is 0 Å². The largest absolute Gasteiger partial charge is 0.394 e. The number of ether oxygens (including phenoxy) is 1. The predicted molar refractivity (Wildman–Crippen MR) is 46.3 cm³/mol. The molecule has 0 bridgehead atoms. The lowest BCUT2D eigenvalue weighted by molar-refractivity contribution is -0.215. The van der Waals surface area contributed by atoms with E-state index in [4.69, 9.17) is 14.9 Å². The van der Waals surface area contributed by atoms with Gasteiger partial charge in [0.2, 0.25) is 0 Å². The van der Waals surface area contributed by atoms with Gasteiger partial charge in [0.1, 0.15) is 30.5 Å². The Morgan fingerprint density at radius 1 is 1.13 bits per heavy atom. The first-order valence-corrected chi connectivity index (χ1v) is 4.49. The van der Waals surface area contributed by atoms with E-state index in [9.17, 15) is 20.4 Å². The topological polar surface area (TPSA) is 131 Å². The van der Waals surface area contributed by atoms with Crippen LogP contribution in [0.5, 0.6) is 0 Å². The van der Waals surface area contributed by atoms with Gasteiger partial charge in [0.25, 0.3) is 0 Å². The molecule has 1 aliphatic heterocycles. The summed E-state index contributed by atoms with van der Waals surface area (Å²) in [5.74, 6) is 0. The number of hydrogen-bond donors (Lipinski definition) is 6. The Morgan fingerprint density at radius 2 is 1.73 bits per heavy atom. The lowest BCUT2D eigenvalue weighted by Gasteiger charge is -2.40. The average molecular weight is 223 g/mol. The van der Waals surface area contributed by atoms with Crippen LogP contribution in [0.3, 0.4) is 0 Å². The van der Waals surface area contributed by atoms with Crippen molar-refractivity contribution in [2.24, 2.45) is 0 Å². The van der Waals surface area contributed by atoms with Crippen LogP contribution >= 0.6 is 0 Å². The molecule has 0 unspecified atom stereocenters. The van der Waals surface area contributed by atoms with Gasteiger partial charge in [0, 0.05) is 0 Å². The maximum absolute atomic E-state index is 9.42. The quantitative estimate of drug-likeness (QED) is 0.291. The minimum Gasteiger partial charge on any atom is -0.394 e. The van der Waals surface area contributed by atoms with E-state index < -0.39 is 43.7 Å². The molecule has 5 atom stereocenters. The van der Waals surface area contributed by atoms with E-state index in [0.717, 1.165) is 0 Å². The highest BCUT2D eigenvalue weighted by Gasteiger charge is 2.46. The molecule has 15 heavy (non-hydrogen) atoms. The Morgan fingerprint density at radius 3 is 2.20 bits per heavy atom. The fourth-order valence-electron chi connectivity index (χ4n) is 1.43. The lowest BCUT2D eigenvalue weighted by atomic mass is 9.92. The van der Waals surface area contributed by atoms with Crippen LogP contribution < -0.4 is 0 Å². The van der Waals surface area contributed by atoms with Gasteiger partial charge in [0.15, 0.2) is 6.10 Å². The van der Waals surface area contributed by atoms with Crippen molar-refractivity contribution >= 4 is 0 Å². The van der Waals surface area contributed by atoms with Gasteiger partial charge in [-0.1, -0.05) is 0 Å². The first kappa shape index (κ1) is 12.8. The zero-order valence-electron chi connectivity index (χ0n) is 7.89. The van der Waals surface area contributed by atoms with Crippen molar-refractivity contribution in [3.8, 4) is 0 Å². The van der Waals surface area contributed by atoms with E-state index in [0.29, 0.717) is 0 Å². The predicted octanol–water partition coefficient (Wildman–Crippen LogP) is -3.65. The lowest BCUT2D eigenvalue weighted by Crippen LogP contribution is -2.59. The molecule has 7 nitrogen and oxygen atoms in total. The Balaban J connectivity index is 2.74. The number of rotatable bonds is 3. The summed E-state index contributed by atoms with van der Waals surface area (Å²) in [5.41, 5.74) is 0. The summed E-state index contributed by atoms with van der Waals surface area (Å²) in [6.45, 7) is -1.30. The summed E-state index contributed by atoms with van der Waals surface area (Å²) in [6.07, 6.45) is -7.51. The molecule has 1 heterocycles. The van der Waals surface area contributed by atoms with Gasteiger partial charge in [-0.2, -0.15) is 0 Å². The molecule has 7 heteroatoms. The van der Waals surface area contributed by atoms with Gasteiger partial charge >= 0.3 is 0 Å². The van der Waals surface area contributed by atoms with Crippen LogP contribution in [0.2, 0.25) is 0 Å². The van der Waals surface area contributed by atoms with Crippen molar-refractivity contribution in [1.82, 2.24) is 0 Å². The summed E-state index contributed by atoms with van der Waals surface area (Å²) < 4.78 is 4.88. The summed E-state index contributed by atoms with van der Waals surface area (Å²) in [4.78, 5) is 0. The van der Waals surface area contributed by atoms with Gasteiger partial charge in [0.05, 0.1) is 13.2 Å². The smallest absolute Gasteiger partial charge is 0.154 e. The third-order valence-electron chi connectivity index (χ3n) is 2.35. The van der Waals surface area contributed by atoms with E-state index >= 15 is 0 Å². The normalized spacial score (nSPS) is 40.4. The molecule has 89 valence electrons. The van der Waals surface area contributed by atoms with E-state index in [1.165, 1.54) is 0 Å². The van der Waals surface area contributed by atoms with Crippen molar-refractivity contribution in [2.45, 2.75) is 30.5 Å². The Kier molecular flexibility index (Phi) is 4.41. The summed E-state index contributed by atoms with van der Waals surface area (Å²) in [7, 11) is 0. The standard InChI is InChI=1S/C8H15O7/c9-1-3(11)8-7(14)6(13)5(12)4(2-10)15-8/h3,5-14H,1-2H2/t3-,5+,6+,7-,8+/m0/s1. The van der Waals surface area contributed by atoms with E-state index in [2.05, 4.69) is 0 Å². The highest BCUT2D eigenvalue weighted by Crippen LogP contribution is 2.27. The maximum Gasteiger partial charge on any atom is 0.154 e. The second-order valence-electron chi connectivity index (χ2n) is 3.38. The third kappa shape index (κ3) is 2.45. The molecule has 1 fully saturated rings. The molecule has 1 aliphatic rings. The summed E-state index contributed by atoms with van der Waals surface area (Å²) in [6, 6.07) is 0. The van der Waals surface area contributed by atoms with Crippen LogP contribution in [0, 0.1) is 6.10 Å². The van der Waals surface area contributed by atoms with Crippen molar-refractivity contribution in [3.63, 3.8) is 0 Å². The Bertz CT molecular complexity index is 197. The van der Waals surface area contributed by atoms with Crippen molar-refractivity contribution in [1.29, 1.82) is 0 Å². The molecule has 0 amide bonds. The fraction of sp³-hybridized carbons (Fsp3) is 0.875. The molecular weight excluding hydrogens is 208 g/mol. The molecule has 1 radical (unpaired) electrons. The minimum atomic E-state index is -1.56. The van der Waals surface area contributed by atoms with Gasteiger partial charge in [-0.3, -0.25) is 0 Å². The number of aliphatic hydroxyl groups is 6. The second kappa shape index (κ2) is 5.17. The van der Waals surface area contributed by atoms with E-state index in [-0.39, 0.29) is 6.10 Å². The summed E-state index contributed by atoms with van der Waals surface area (Å²) >= 11 is 0. The van der Waals surface area contributed by atoms with Crippen LogP contribution in [-0.4, -0.2) is 74.4 Å². The molecule has 6 N–H and O–H groups in total. The van der Waals surface area contributed by atoms with Gasteiger partial charge in [-0.05, 0) is 0 Å². The average Bonchev–Trinajstić information content (AvgIpc) is 2.25. The molecule has 0 saturated carbocycles. The number of aliphatic hydroxyl groups excluding tert-OH is 6. The Hall–Kier alpha value is -0.280. The van der Waals surface area contributed by atoms with Crippen LogP contribution in [-0.2, 0) is 4.74 Å². The van der Waals surface area contributed by atoms with Gasteiger partial charge in [-0.15, -0.1) is 0 Å². The van der Waals surface area contributed by atoms with Crippen LogP contribution in [0.1, 0.15) is 0 Å². The first-order chi connectivity index (χ1) is 7.02. The molecule has 0 aromatic carbocycles. The fourth-order valence-corrected chi connectivity index (χ4v) is 1.43. The van der Waals surface area contributed by atoms with Crippen molar-refractivity contribution in [3.05, 3.63) is 6.10 Å². The zero-order chi connectivity index (χ0) is 11.6. The third-order valence-corrected chi connectivity index (χ3v) is 2.35. The van der Waals surface area contributed by atoms with Gasteiger partial charge < -0.3 is 35.4 Å². The molecule has 1 rings (SSSR count). The van der Waals surface area contributed by atoms with E-state index in [1.54, 1.807) is 0 Å². The first-order valence-electron chi connectivity index (χ1n) is 4.49. The highest BCUT2D eigenvalue weighted by molar-refractivity contribution is 5.03. The Labute approximate surface area is 86.2 Å². The monoisotopic (exact) mass is 223 g/mol. The minimum absolute atomic E-state index is 0.245. The second-order valence-corrected chi connectivity index (χ2v) is 3.38.